The van der Waals surface area contributed by atoms with Gasteiger partial charge in [-0.3, -0.25) is 9.97 Å². The average Bonchev–Trinajstić information content (AvgIpc) is 2.46. The van der Waals surface area contributed by atoms with E-state index in [-0.39, 0.29) is 5.97 Å². The quantitative estimate of drug-likeness (QED) is 0.829. The smallest absolute Gasteiger partial charge is 0.332 e. The number of methoxy groups -OCH3 is 1. The predicted octanol–water partition coefficient (Wildman–Crippen LogP) is 1.80. The number of nitrogens with zero attached hydrogens (tertiary/aromatic N) is 2. The lowest BCUT2D eigenvalue weighted by atomic mass is 10.1. The highest BCUT2D eigenvalue weighted by Crippen LogP contribution is 2.19. The van der Waals surface area contributed by atoms with E-state index in [0.29, 0.717) is 0 Å². The highest BCUT2D eigenvalue weighted by Gasteiger charge is 2.20. The number of nitrogens with one attached hydrogen (secondary N) is 1. The van der Waals surface area contributed by atoms with Gasteiger partial charge in [-0.2, -0.15) is 0 Å². The van der Waals surface area contributed by atoms with Crippen LogP contribution in [-0.4, -0.2) is 23.0 Å². The van der Waals surface area contributed by atoms with Crippen LogP contribution in [0.25, 0.3) is 0 Å². The summed E-state index contributed by atoms with van der Waals surface area (Å²) < 4.78 is 4.80. The van der Waals surface area contributed by atoms with Crippen LogP contribution < -0.4 is 5.32 Å². The van der Waals surface area contributed by atoms with Crippen molar-refractivity contribution in [2.24, 2.45) is 0 Å². The van der Waals surface area contributed by atoms with Gasteiger partial charge in [0.1, 0.15) is 0 Å². The largest absolute Gasteiger partial charge is 0.467 e. The van der Waals surface area contributed by atoms with Crippen molar-refractivity contribution in [2.75, 3.05) is 12.4 Å². The second kappa shape index (κ2) is 5.77. The van der Waals surface area contributed by atoms with Crippen molar-refractivity contribution in [2.45, 2.75) is 6.04 Å². The standard InChI is InChI=1S/C13H13N3O2/c1-18-13(17)12(10-4-7-14-8-5-10)16-11-3-2-6-15-9-11/h2-9,12,16H,1H3. The summed E-state index contributed by atoms with van der Waals surface area (Å²) >= 11 is 0. The highest BCUT2D eigenvalue weighted by molar-refractivity contribution is 5.80. The lowest BCUT2D eigenvalue weighted by Gasteiger charge is -2.17. The van der Waals surface area contributed by atoms with Crippen LogP contribution in [-0.2, 0) is 9.53 Å². The topological polar surface area (TPSA) is 64.1 Å². The first kappa shape index (κ1) is 12.0. The first-order valence-electron chi connectivity index (χ1n) is 5.45. The zero-order chi connectivity index (χ0) is 12.8. The van der Waals surface area contributed by atoms with Gasteiger partial charge in [0.05, 0.1) is 12.8 Å². The number of aromatic nitrogens is 2. The fourth-order valence-electron chi connectivity index (χ4n) is 1.57. The molecule has 0 aliphatic carbocycles. The van der Waals surface area contributed by atoms with E-state index in [2.05, 4.69) is 15.3 Å². The third-order valence-corrected chi connectivity index (χ3v) is 2.45. The Morgan fingerprint density at radius 3 is 2.61 bits per heavy atom. The molecule has 18 heavy (non-hydrogen) atoms. The van der Waals surface area contributed by atoms with Crippen molar-refractivity contribution < 1.29 is 9.53 Å². The number of anilines is 1. The van der Waals surface area contributed by atoms with Gasteiger partial charge in [0.25, 0.3) is 0 Å². The number of hydrogen-bond acceptors (Lipinski definition) is 5. The van der Waals surface area contributed by atoms with Crippen molar-refractivity contribution in [3.8, 4) is 0 Å². The fraction of sp³-hybridized carbons (Fsp3) is 0.154. The van der Waals surface area contributed by atoms with Gasteiger partial charge in [-0.15, -0.1) is 0 Å². The lowest BCUT2D eigenvalue weighted by Crippen LogP contribution is -2.22. The molecule has 0 saturated heterocycles. The molecule has 92 valence electrons. The molecule has 0 spiro atoms. The summed E-state index contributed by atoms with van der Waals surface area (Å²) in [5, 5.41) is 3.08. The van der Waals surface area contributed by atoms with Crippen molar-refractivity contribution in [3.05, 3.63) is 54.6 Å². The van der Waals surface area contributed by atoms with Crippen LogP contribution in [0.3, 0.4) is 0 Å². The molecule has 2 aromatic rings. The van der Waals surface area contributed by atoms with Gasteiger partial charge in [-0.25, -0.2) is 4.79 Å². The molecule has 5 nitrogen and oxygen atoms in total. The normalized spacial score (nSPS) is 11.6. The summed E-state index contributed by atoms with van der Waals surface area (Å²) in [7, 11) is 1.36. The van der Waals surface area contributed by atoms with Gasteiger partial charge in [0, 0.05) is 24.8 Å². The van der Waals surface area contributed by atoms with E-state index >= 15 is 0 Å². The summed E-state index contributed by atoms with van der Waals surface area (Å²) in [5.41, 5.74) is 1.55. The summed E-state index contributed by atoms with van der Waals surface area (Å²) in [5.74, 6) is -0.356. The van der Waals surface area contributed by atoms with Gasteiger partial charge >= 0.3 is 5.97 Å². The Bertz CT molecular complexity index is 502. The van der Waals surface area contributed by atoms with E-state index in [0.717, 1.165) is 11.3 Å². The predicted molar refractivity (Wildman–Crippen MR) is 66.9 cm³/mol. The van der Waals surface area contributed by atoms with Gasteiger partial charge < -0.3 is 10.1 Å². The second-order valence-electron chi connectivity index (χ2n) is 3.62. The van der Waals surface area contributed by atoms with Crippen molar-refractivity contribution in [3.63, 3.8) is 0 Å². The molecule has 0 saturated carbocycles. The van der Waals surface area contributed by atoms with Gasteiger partial charge in [-0.1, -0.05) is 0 Å². The maximum absolute atomic E-state index is 11.8. The molecule has 0 bridgehead atoms. The van der Waals surface area contributed by atoms with E-state index in [4.69, 9.17) is 4.74 Å². The number of hydrogen-bond donors (Lipinski definition) is 1. The molecule has 5 heteroatoms. The van der Waals surface area contributed by atoms with Gasteiger partial charge in [0.15, 0.2) is 6.04 Å². The third kappa shape index (κ3) is 2.82. The summed E-state index contributed by atoms with van der Waals surface area (Å²) in [6.07, 6.45) is 6.59. The van der Waals surface area contributed by atoms with Crippen LogP contribution in [0.2, 0.25) is 0 Å². The van der Waals surface area contributed by atoms with Crippen molar-refractivity contribution >= 4 is 11.7 Å². The Balaban J connectivity index is 2.24. The number of rotatable bonds is 4. The lowest BCUT2D eigenvalue weighted by molar-refractivity contribution is -0.141. The van der Waals surface area contributed by atoms with Crippen molar-refractivity contribution in [1.29, 1.82) is 0 Å². The highest BCUT2D eigenvalue weighted by atomic mass is 16.5. The molecular weight excluding hydrogens is 230 g/mol. The first-order chi connectivity index (χ1) is 8.81. The van der Waals surface area contributed by atoms with E-state index in [1.807, 2.05) is 6.07 Å². The van der Waals surface area contributed by atoms with Crippen molar-refractivity contribution in [1.82, 2.24) is 9.97 Å². The SMILES string of the molecule is COC(=O)C(Nc1cccnc1)c1ccncc1. The maximum atomic E-state index is 11.8. The third-order valence-electron chi connectivity index (χ3n) is 2.45. The zero-order valence-corrected chi connectivity index (χ0v) is 9.91. The Labute approximate surface area is 105 Å². The van der Waals surface area contributed by atoms with E-state index in [9.17, 15) is 4.79 Å². The van der Waals surface area contributed by atoms with E-state index < -0.39 is 6.04 Å². The minimum atomic E-state index is -0.567. The molecule has 2 rings (SSSR count). The molecule has 1 atom stereocenters. The number of pyridine rings is 2. The monoisotopic (exact) mass is 243 g/mol. The molecule has 0 aliphatic rings. The maximum Gasteiger partial charge on any atom is 0.332 e. The van der Waals surface area contributed by atoms with Crippen LogP contribution in [0, 0.1) is 0 Å². The van der Waals surface area contributed by atoms with E-state index in [1.54, 1.807) is 43.0 Å². The van der Waals surface area contributed by atoms with Gasteiger partial charge in [-0.05, 0) is 29.8 Å². The molecule has 2 aromatic heterocycles. The van der Waals surface area contributed by atoms with Gasteiger partial charge in [0.2, 0.25) is 0 Å². The molecule has 2 heterocycles. The number of carbonyl (C=O) groups is 1. The molecule has 0 radical (unpaired) electrons. The Morgan fingerprint density at radius 2 is 2.00 bits per heavy atom. The van der Waals surface area contributed by atoms with Crippen LogP contribution in [0.4, 0.5) is 5.69 Å². The Kier molecular flexibility index (Phi) is 3.86. The molecular formula is C13H13N3O2. The molecule has 1 N–H and O–H groups in total. The fourth-order valence-corrected chi connectivity index (χ4v) is 1.57. The number of esters is 1. The Hall–Kier alpha value is -2.43. The van der Waals surface area contributed by atoms with E-state index in [1.165, 1.54) is 7.11 Å². The molecule has 0 aliphatic heterocycles. The summed E-state index contributed by atoms with van der Waals surface area (Å²) in [4.78, 5) is 19.7. The molecule has 0 aromatic carbocycles. The summed E-state index contributed by atoms with van der Waals surface area (Å²) in [6, 6.07) is 6.60. The molecule has 0 fully saturated rings. The van der Waals surface area contributed by atoms with Crippen LogP contribution in [0.5, 0.6) is 0 Å². The summed E-state index contributed by atoms with van der Waals surface area (Å²) in [6.45, 7) is 0. The zero-order valence-electron chi connectivity index (χ0n) is 9.91. The van der Waals surface area contributed by atoms with Crippen LogP contribution in [0.15, 0.2) is 49.1 Å². The number of carbonyl (C=O) groups excluding carboxylic acids is 1. The number of ether oxygens (including phenoxy) is 1. The second-order valence-corrected chi connectivity index (χ2v) is 3.62. The minimum absolute atomic E-state index is 0.356. The average molecular weight is 243 g/mol. The minimum Gasteiger partial charge on any atom is -0.467 e. The first-order valence-corrected chi connectivity index (χ1v) is 5.45. The molecule has 0 amide bonds. The Morgan fingerprint density at radius 1 is 1.22 bits per heavy atom. The van der Waals surface area contributed by atoms with Crippen LogP contribution in [0.1, 0.15) is 11.6 Å². The molecule has 1 unspecified atom stereocenters. The van der Waals surface area contributed by atoms with Crippen LogP contribution >= 0.6 is 0 Å².